The summed E-state index contributed by atoms with van der Waals surface area (Å²) in [6, 6.07) is 9.50. The third-order valence-corrected chi connectivity index (χ3v) is 4.68. The van der Waals surface area contributed by atoms with Crippen LogP contribution in [0.4, 0.5) is 0 Å². The zero-order valence-electron chi connectivity index (χ0n) is 12.9. The Morgan fingerprint density at radius 2 is 1.81 bits per heavy atom. The van der Waals surface area contributed by atoms with Gasteiger partial charge >= 0.3 is 11.9 Å². The van der Waals surface area contributed by atoms with Gasteiger partial charge < -0.3 is 9.47 Å². The lowest BCUT2D eigenvalue weighted by atomic mass is 9.78. The van der Waals surface area contributed by atoms with E-state index in [0.29, 0.717) is 6.42 Å². The number of carbonyl (C=O) groups is 2. The minimum absolute atomic E-state index is 0.230. The number of carbonyl (C=O) groups excluding carboxylic acids is 2. The molecule has 0 fully saturated rings. The summed E-state index contributed by atoms with van der Waals surface area (Å²) in [5, 5.41) is -0.352. The Bertz CT molecular complexity index is 474. The van der Waals surface area contributed by atoms with E-state index in [4.69, 9.17) is 9.47 Å². The van der Waals surface area contributed by atoms with Gasteiger partial charge in [-0.2, -0.15) is 11.8 Å². The Morgan fingerprint density at radius 1 is 1.19 bits per heavy atom. The van der Waals surface area contributed by atoms with Crippen LogP contribution in [0.1, 0.15) is 31.1 Å². The van der Waals surface area contributed by atoms with Crippen LogP contribution in [0, 0.1) is 5.41 Å². The summed E-state index contributed by atoms with van der Waals surface area (Å²) in [6.07, 6.45) is 2.20. The van der Waals surface area contributed by atoms with Gasteiger partial charge in [-0.15, -0.1) is 0 Å². The van der Waals surface area contributed by atoms with Crippen molar-refractivity contribution in [3.05, 3.63) is 35.9 Å². The fraction of sp³-hybridized carbons (Fsp3) is 0.500. The number of esters is 2. The summed E-state index contributed by atoms with van der Waals surface area (Å²) in [4.78, 5) is 25.0. The van der Waals surface area contributed by atoms with Crippen LogP contribution >= 0.6 is 11.8 Å². The van der Waals surface area contributed by atoms with Gasteiger partial charge in [-0.05, 0) is 25.2 Å². The number of methoxy groups -OCH3 is 1. The molecule has 0 aromatic heterocycles. The molecule has 0 N–H and O–H groups in total. The summed E-state index contributed by atoms with van der Waals surface area (Å²) in [5.41, 5.74) is -0.420. The van der Waals surface area contributed by atoms with Gasteiger partial charge in [-0.3, -0.25) is 9.59 Å². The van der Waals surface area contributed by atoms with Gasteiger partial charge in [0.2, 0.25) is 0 Å². The predicted molar refractivity (Wildman–Crippen MR) is 84.1 cm³/mol. The van der Waals surface area contributed by atoms with E-state index < -0.39 is 17.4 Å². The Hall–Kier alpha value is -1.49. The Kier molecular flexibility index (Phi) is 6.75. The lowest BCUT2D eigenvalue weighted by molar-refractivity contribution is -0.171. The number of benzene rings is 1. The van der Waals surface area contributed by atoms with Crippen molar-refractivity contribution in [1.82, 2.24) is 0 Å². The number of ether oxygens (including phenoxy) is 2. The van der Waals surface area contributed by atoms with Crippen molar-refractivity contribution in [3.8, 4) is 0 Å². The molecule has 0 heterocycles. The van der Waals surface area contributed by atoms with Gasteiger partial charge in [-0.1, -0.05) is 37.3 Å². The van der Waals surface area contributed by atoms with Gasteiger partial charge in [0, 0.05) is 0 Å². The summed E-state index contributed by atoms with van der Waals surface area (Å²) in [6.45, 7) is 3.76. The third kappa shape index (κ3) is 3.40. The van der Waals surface area contributed by atoms with E-state index in [1.165, 1.54) is 18.9 Å². The molecule has 116 valence electrons. The van der Waals surface area contributed by atoms with E-state index >= 15 is 0 Å². The largest absolute Gasteiger partial charge is 0.468 e. The Morgan fingerprint density at radius 3 is 2.24 bits per heavy atom. The molecule has 21 heavy (non-hydrogen) atoms. The second-order valence-corrected chi connectivity index (χ2v) is 5.51. The topological polar surface area (TPSA) is 52.6 Å². The SMILES string of the molecule is CCOC(=O)C(CC)(C(=O)OC)C(SC)c1ccccc1. The molecule has 2 atom stereocenters. The van der Waals surface area contributed by atoms with Gasteiger partial charge in [0.25, 0.3) is 0 Å². The van der Waals surface area contributed by atoms with E-state index in [0.717, 1.165) is 5.56 Å². The first-order valence-electron chi connectivity index (χ1n) is 6.91. The molecule has 1 aromatic carbocycles. The predicted octanol–water partition coefficient (Wildman–Crippen LogP) is 3.22. The zero-order chi connectivity index (χ0) is 15.9. The Balaban J connectivity index is 3.39. The van der Waals surface area contributed by atoms with Crippen LogP contribution in [0.15, 0.2) is 30.3 Å². The zero-order valence-corrected chi connectivity index (χ0v) is 13.7. The van der Waals surface area contributed by atoms with Crippen LogP contribution in [-0.2, 0) is 19.1 Å². The lowest BCUT2D eigenvalue weighted by Gasteiger charge is -2.34. The van der Waals surface area contributed by atoms with Crippen LogP contribution in [0.5, 0.6) is 0 Å². The van der Waals surface area contributed by atoms with Crippen molar-refractivity contribution in [2.24, 2.45) is 5.41 Å². The highest BCUT2D eigenvalue weighted by molar-refractivity contribution is 7.98. The molecule has 0 bridgehead atoms. The maximum Gasteiger partial charge on any atom is 0.324 e. The van der Waals surface area contributed by atoms with Crippen LogP contribution in [0.3, 0.4) is 0 Å². The molecule has 0 saturated heterocycles. The number of rotatable bonds is 7. The standard InChI is InChI=1S/C16H22O4S/c1-5-16(14(17)19-3,15(18)20-6-2)13(21-4)12-10-8-7-9-11-12/h7-11,13H,5-6H2,1-4H3. The quantitative estimate of drug-likeness (QED) is 0.572. The molecule has 0 saturated carbocycles. The molecule has 4 nitrogen and oxygen atoms in total. The molecular formula is C16H22O4S. The minimum atomic E-state index is -1.33. The molecule has 1 rings (SSSR count). The molecule has 0 aliphatic heterocycles. The van der Waals surface area contributed by atoms with Crippen LogP contribution in [0.2, 0.25) is 0 Å². The third-order valence-electron chi connectivity index (χ3n) is 3.53. The summed E-state index contributed by atoms with van der Waals surface area (Å²) in [5.74, 6) is -1.07. The fourth-order valence-electron chi connectivity index (χ4n) is 2.46. The van der Waals surface area contributed by atoms with Crippen LogP contribution < -0.4 is 0 Å². The molecule has 2 unspecified atom stereocenters. The fourth-order valence-corrected chi connectivity index (χ4v) is 3.65. The number of hydrogen-bond donors (Lipinski definition) is 0. The van der Waals surface area contributed by atoms with Gasteiger partial charge in [0.15, 0.2) is 5.41 Å². The molecule has 0 spiro atoms. The highest BCUT2D eigenvalue weighted by Gasteiger charge is 2.53. The molecule has 0 aliphatic carbocycles. The smallest absolute Gasteiger partial charge is 0.324 e. The summed E-state index contributed by atoms with van der Waals surface area (Å²) >= 11 is 1.45. The van der Waals surface area contributed by atoms with Crippen LogP contribution in [0.25, 0.3) is 0 Å². The van der Waals surface area contributed by atoms with Crippen molar-refractivity contribution in [2.45, 2.75) is 25.5 Å². The molecule has 0 radical (unpaired) electrons. The van der Waals surface area contributed by atoms with Gasteiger partial charge in [-0.25, -0.2) is 0 Å². The van der Waals surface area contributed by atoms with E-state index in [9.17, 15) is 9.59 Å². The van der Waals surface area contributed by atoms with Crippen molar-refractivity contribution in [3.63, 3.8) is 0 Å². The molecule has 1 aromatic rings. The highest BCUT2D eigenvalue weighted by Crippen LogP contribution is 2.47. The van der Waals surface area contributed by atoms with E-state index in [-0.39, 0.29) is 11.9 Å². The molecule has 0 aliphatic rings. The van der Waals surface area contributed by atoms with Gasteiger partial charge in [0.1, 0.15) is 0 Å². The highest BCUT2D eigenvalue weighted by atomic mass is 32.2. The van der Waals surface area contributed by atoms with Crippen molar-refractivity contribution < 1.29 is 19.1 Å². The second kappa shape index (κ2) is 8.08. The normalized spacial score (nSPS) is 14.9. The molecular weight excluding hydrogens is 288 g/mol. The molecule has 5 heteroatoms. The van der Waals surface area contributed by atoms with E-state index in [1.807, 2.05) is 36.6 Å². The first-order chi connectivity index (χ1) is 10.1. The average molecular weight is 310 g/mol. The van der Waals surface area contributed by atoms with Crippen molar-refractivity contribution in [1.29, 1.82) is 0 Å². The summed E-state index contributed by atoms with van der Waals surface area (Å²) in [7, 11) is 1.30. The maximum absolute atomic E-state index is 12.5. The molecule has 0 amide bonds. The average Bonchev–Trinajstić information content (AvgIpc) is 2.52. The monoisotopic (exact) mass is 310 g/mol. The van der Waals surface area contributed by atoms with Crippen molar-refractivity contribution in [2.75, 3.05) is 20.0 Å². The first kappa shape index (κ1) is 17.6. The first-order valence-corrected chi connectivity index (χ1v) is 8.20. The minimum Gasteiger partial charge on any atom is -0.468 e. The maximum atomic E-state index is 12.5. The second-order valence-electron chi connectivity index (χ2n) is 4.56. The number of hydrogen-bond acceptors (Lipinski definition) is 5. The van der Waals surface area contributed by atoms with Crippen LogP contribution in [-0.4, -0.2) is 31.9 Å². The Labute approximate surface area is 130 Å². The lowest BCUT2D eigenvalue weighted by Crippen LogP contribution is -2.45. The van der Waals surface area contributed by atoms with Crippen molar-refractivity contribution >= 4 is 23.7 Å². The van der Waals surface area contributed by atoms with E-state index in [1.54, 1.807) is 13.8 Å². The van der Waals surface area contributed by atoms with Gasteiger partial charge in [0.05, 0.1) is 19.0 Å². The number of thioether (sulfide) groups is 1. The van der Waals surface area contributed by atoms with E-state index in [2.05, 4.69) is 0 Å². The summed E-state index contributed by atoms with van der Waals surface area (Å²) < 4.78 is 10.1.